The number of hydrogen-bond acceptors (Lipinski definition) is 9. The van der Waals surface area contributed by atoms with Crippen LogP contribution in [0.25, 0.3) is 21.3 Å². The number of aromatic amines is 1. The highest BCUT2D eigenvalue weighted by Crippen LogP contribution is 2.31. The number of urea groups is 1. The van der Waals surface area contributed by atoms with Crippen LogP contribution in [0.5, 0.6) is 0 Å². The lowest BCUT2D eigenvalue weighted by molar-refractivity contribution is -0.154. The van der Waals surface area contributed by atoms with Gasteiger partial charge in [-0.1, -0.05) is 41.7 Å². The molecule has 230 valence electrons. The number of carbonyl (C=O) groups is 3. The Bertz CT molecular complexity index is 2010. The molecule has 4 amide bonds. The summed E-state index contributed by atoms with van der Waals surface area (Å²) < 4.78 is 19.3. The van der Waals surface area contributed by atoms with E-state index in [0.29, 0.717) is 32.9 Å². The van der Waals surface area contributed by atoms with Crippen LogP contribution in [-0.2, 0) is 29.1 Å². The van der Waals surface area contributed by atoms with Crippen molar-refractivity contribution < 1.29 is 23.2 Å². The zero-order valence-corrected chi connectivity index (χ0v) is 24.5. The predicted molar refractivity (Wildman–Crippen MR) is 163 cm³/mol. The van der Waals surface area contributed by atoms with Crippen LogP contribution in [0.1, 0.15) is 16.7 Å². The standard InChI is InChI=1S/C30H27FN8O5S/c31-19-7-4-16(5-8-19)12-33-29(42)36-38-15-25(40)39-21(11-17-6-9-22-20(10-17)34-30(43)44-22)27(41)37(14-24(38)39)13-18-2-1-3-23-26(18)35-28(32)45-23/h1-10,21,24H,11-15H2,(H2,32,35)(H,34,43)(H2,33,36,42)/t21-,24+/m0/s1. The number of nitrogen functional groups attached to an aromatic ring is 1. The van der Waals surface area contributed by atoms with Gasteiger partial charge in [-0.05, 0) is 47.0 Å². The summed E-state index contributed by atoms with van der Waals surface area (Å²) in [7, 11) is 0. The molecule has 13 nitrogen and oxygen atoms in total. The van der Waals surface area contributed by atoms with Crippen molar-refractivity contribution >= 4 is 55.6 Å². The molecule has 2 fully saturated rings. The Hall–Kier alpha value is -5.28. The van der Waals surface area contributed by atoms with Crippen LogP contribution in [0.15, 0.2) is 69.9 Å². The molecule has 2 aliphatic rings. The Labute approximate surface area is 258 Å². The van der Waals surface area contributed by atoms with E-state index in [4.69, 9.17) is 10.2 Å². The van der Waals surface area contributed by atoms with E-state index < -0.39 is 24.0 Å². The molecule has 0 bridgehead atoms. The van der Waals surface area contributed by atoms with E-state index in [-0.39, 0.29) is 50.2 Å². The van der Waals surface area contributed by atoms with Gasteiger partial charge in [0.15, 0.2) is 10.7 Å². The SMILES string of the molecule is Nc1nc2c(CN3C[C@@H]4N(NC(=O)NCc5ccc(F)cc5)CC(=O)N4[C@@H](Cc4ccc5oc(=O)[nH]c5c4)C3=O)cccc2s1. The number of benzene rings is 3. The van der Waals surface area contributed by atoms with Crippen LogP contribution in [0.2, 0.25) is 0 Å². The molecule has 7 rings (SSSR count). The minimum atomic E-state index is -0.888. The van der Waals surface area contributed by atoms with Crippen molar-refractivity contribution in [3.05, 3.63) is 93.7 Å². The molecule has 0 radical (unpaired) electrons. The molecule has 0 saturated carbocycles. The summed E-state index contributed by atoms with van der Waals surface area (Å²) in [5.41, 5.74) is 12.5. The van der Waals surface area contributed by atoms with Gasteiger partial charge in [0.05, 0.1) is 28.8 Å². The summed E-state index contributed by atoms with van der Waals surface area (Å²) in [6, 6.07) is 15.1. The average molecular weight is 631 g/mol. The molecule has 15 heteroatoms. The first kappa shape index (κ1) is 28.5. The number of fused-ring (bicyclic) bond motifs is 3. The molecule has 5 N–H and O–H groups in total. The number of H-pyrrole nitrogens is 1. The number of aromatic nitrogens is 2. The van der Waals surface area contributed by atoms with E-state index in [1.807, 2.05) is 18.2 Å². The third-order valence-electron chi connectivity index (χ3n) is 7.99. The smallest absolute Gasteiger partial charge is 0.408 e. The maximum Gasteiger partial charge on any atom is 0.417 e. The number of nitrogens with zero attached hydrogens (tertiary/aromatic N) is 4. The number of piperazine rings is 1. The minimum Gasteiger partial charge on any atom is -0.408 e. The van der Waals surface area contributed by atoms with E-state index in [0.717, 1.165) is 10.3 Å². The van der Waals surface area contributed by atoms with Crippen molar-refractivity contribution in [3.8, 4) is 0 Å². The molecule has 2 atom stereocenters. The highest BCUT2D eigenvalue weighted by Gasteiger charge is 2.50. The molecule has 0 aliphatic carbocycles. The second-order valence-corrected chi connectivity index (χ2v) is 12.0. The molecule has 45 heavy (non-hydrogen) atoms. The number of oxazole rings is 1. The van der Waals surface area contributed by atoms with Gasteiger partial charge in [0.1, 0.15) is 18.0 Å². The van der Waals surface area contributed by atoms with Gasteiger partial charge in [0.25, 0.3) is 0 Å². The first-order valence-corrected chi connectivity index (χ1v) is 14.9. The number of thiazole rings is 1. The minimum absolute atomic E-state index is 0.128. The number of para-hydroxylation sites is 1. The van der Waals surface area contributed by atoms with E-state index in [9.17, 15) is 23.6 Å². The van der Waals surface area contributed by atoms with Crippen LogP contribution in [0.3, 0.4) is 0 Å². The van der Waals surface area contributed by atoms with E-state index in [2.05, 4.69) is 20.7 Å². The number of anilines is 1. The fourth-order valence-electron chi connectivity index (χ4n) is 5.94. The number of rotatable bonds is 7. The molecule has 2 saturated heterocycles. The summed E-state index contributed by atoms with van der Waals surface area (Å²) in [5.74, 6) is -1.54. The number of carbonyl (C=O) groups excluding carboxylic acids is 3. The highest BCUT2D eigenvalue weighted by molar-refractivity contribution is 7.22. The normalized spacial score (nSPS) is 18.6. The molecule has 3 aromatic carbocycles. The Kier molecular flexibility index (Phi) is 7.17. The number of hydrazine groups is 1. The zero-order valence-electron chi connectivity index (χ0n) is 23.7. The molecular weight excluding hydrogens is 603 g/mol. The lowest BCUT2D eigenvalue weighted by Gasteiger charge is -2.44. The fraction of sp³-hybridized carbons (Fsp3) is 0.233. The van der Waals surface area contributed by atoms with Gasteiger partial charge in [-0.2, -0.15) is 5.01 Å². The number of halogens is 1. The largest absolute Gasteiger partial charge is 0.417 e. The Balaban J connectivity index is 1.16. The Morgan fingerprint density at radius 1 is 1.11 bits per heavy atom. The molecule has 2 aliphatic heterocycles. The first-order valence-electron chi connectivity index (χ1n) is 14.1. The van der Waals surface area contributed by atoms with Gasteiger partial charge in [-0.15, -0.1) is 0 Å². The fourth-order valence-corrected chi connectivity index (χ4v) is 6.72. The lowest BCUT2D eigenvalue weighted by Crippen LogP contribution is -2.65. The second-order valence-electron chi connectivity index (χ2n) is 10.9. The molecular formula is C30H27FN8O5S. The Morgan fingerprint density at radius 2 is 1.91 bits per heavy atom. The summed E-state index contributed by atoms with van der Waals surface area (Å²) in [6.07, 6.45) is -0.493. The zero-order chi connectivity index (χ0) is 31.2. The third kappa shape index (κ3) is 5.58. The van der Waals surface area contributed by atoms with Gasteiger partial charge < -0.3 is 25.3 Å². The number of hydrogen-bond donors (Lipinski definition) is 4. The van der Waals surface area contributed by atoms with Crippen molar-refractivity contribution in [1.29, 1.82) is 0 Å². The van der Waals surface area contributed by atoms with E-state index in [1.54, 1.807) is 35.2 Å². The van der Waals surface area contributed by atoms with E-state index >= 15 is 0 Å². The van der Waals surface area contributed by atoms with Crippen LogP contribution in [-0.4, -0.2) is 67.9 Å². The second kappa shape index (κ2) is 11.3. The molecule has 0 unspecified atom stereocenters. The molecule has 2 aromatic heterocycles. The van der Waals surface area contributed by atoms with Gasteiger partial charge in [-0.25, -0.2) is 19.0 Å². The topological polar surface area (TPSA) is 170 Å². The summed E-state index contributed by atoms with van der Waals surface area (Å²) in [6.45, 7) is 0.351. The maximum atomic E-state index is 14.1. The molecule has 0 spiro atoms. The predicted octanol–water partition coefficient (Wildman–Crippen LogP) is 2.29. The number of nitrogens with one attached hydrogen (secondary N) is 3. The van der Waals surface area contributed by atoms with Crippen molar-refractivity contribution in [1.82, 2.24) is 35.5 Å². The summed E-state index contributed by atoms with van der Waals surface area (Å²) in [4.78, 5) is 62.4. The molecule has 4 heterocycles. The average Bonchev–Trinajstić information content (AvgIpc) is 3.67. The van der Waals surface area contributed by atoms with Crippen molar-refractivity contribution in [2.24, 2.45) is 0 Å². The highest BCUT2D eigenvalue weighted by atomic mass is 32.1. The first-order chi connectivity index (χ1) is 21.7. The van der Waals surface area contributed by atoms with Crippen molar-refractivity contribution in [2.75, 3.05) is 18.8 Å². The maximum absolute atomic E-state index is 14.1. The van der Waals surface area contributed by atoms with E-state index in [1.165, 1.54) is 33.4 Å². The quantitative estimate of drug-likeness (QED) is 0.212. The van der Waals surface area contributed by atoms with Crippen molar-refractivity contribution in [3.63, 3.8) is 0 Å². The third-order valence-corrected chi connectivity index (χ3v) is 8.84. The lowest BCUT2D eigenvalue weighted by atomic mass is 9.99. The van der Waals surface area contributed by atoms with Crippen LogP contribution in [0, 0.1) is 5.82 Å². The van der Waals surface area contributed by atoms with Gasteiger partial charge in [0, 0.05) is 19.5 Å². The van der Waals surface area contributed by atoms with Gasteiger partial charge >= 0.3 is 11.8 Å². The number of nitrogens with two attached hydrogens (primary N) is 1. The van der Waals surface area contributed by atoms with Gasteiger partial charge in [-0.3, -0.25) is 20.0 Å². The monoisotopic (exact) mass is 630 g/mol. The summed E-state index contributed by atoms with van der Waals surface area (Å²) in [5, 5.41) is 4.67. The van der Waals surface area contributed by atoms with Crippen LogP contribution >= 0.6 is 11.3 Å². The van der Waals surface area contributed by atoms with Gasteiger partial charge in [0.2, 0.25) is 11.8 Å². The van der Waals surface area contributed by atoms with Crippen LogP contribution in [0.4, 0.5) is 14.3 Å². The number of amides is 4. The molecule has 5 aromatic rings. The summed E-state index contributed by atoms with van der Waals surface area (Å²) >= 11 is 1.36. The van der Waals surface area contributed by atoms with Crippen molar-refractivity contribution in [2.45, 2.75) is 31.7 Å². The van der Waals surface area contributed by atoms with Crippen LogP contribution < -0.4 is 22.2 Å². The Morgan fingerprint density at radius 3 is 2.73 bits per heavy atom.